The minimum absolute atomic E-state index is 0.0993. The first-order chi connectivity index (χ1) is 14.3. The summed E-state index contributed by atoms with van der Waals surface area (Å²) < 4.78 is 0.724. The Labute approximate surface area is 176 Å². The number of carbonyl (C=O) groups excluding carboxylic acids is 1. The van der Waals surface area contributed by atoms with Crippen molar-refractivity contribution in [1.29, 1.82) is 0 Å². The van der Waals surface area contributed by atoms with E-state index in [0.717, 1.165) is 22.9 Å². The fourth-order valence-electron chi connectivity index (χ4n) is 2.23. The molecule has 30 heavy (non-hydrogen) atoms. The van der Waals surface area contributed by atoms with Gasteiger partial charge in [-0.15, -0.1) is 0 Å². The van der Waals surface area contributed by atoms with E-state index in [4.69, 9.17) is 0 Å². The molecule has 0 radical (unpaired) electrons. The third-order valence-corrected chi connectivity index (χ3v) is 4.08. The van der Waals surface area contributed by atoms with Crippen molar-refractivity contribution in [3.63, 3.8) is 0 Å². The van der Waals surface area contributed by atoms with Crippen LogP contribution in [0.1, 0.15) is 10.4 Å². The lowest BCUT2D eigenvalue weighted by Crippen LogP contribution is -2.30. The maximum Gasteiger partial charge on any atom is 0.355 e. The van der Waals surface area contributed by atoms with E-state index in [1.165, 1.54) is 18.3 Å². The van der Waals surface area contributed by atoms with E-state index in [-0.39, 0.29) is 22.9 Å². The van der Waals surface area contributed by atoms with Crippen molar-refractivity contribution in [2.24, 2.45) is 0 Å². The van der Waals surface area contributed by atoms with Gasteiger partial charge in [0, 0.05) is 28.4 Å². The molecule has 3 rings (SSSR count). The fourth-order valence-corrected chi connectivity index (χ4v) is 2.46. The van der Waals surface area contributed by atoms with E-state index in [1.807, 2.05) is 0 Å². The van der Waals surface area contributed by atoms with Crippen LogP contribution in [0.25, 0.3) is 0 Å². The SMILES string of the molecule is O=C(NNc1ncnc(Nc2ccc(Br)cn2)c1[N+](=O)[O-])c1ccc([N+](=O)[O-])cc1. The number of nitro benzene ring substituents is 1. The number of nitrogens with zero attached hydrogens (tertiary/aromatic N) is 5. The summed E-state index contributed by atoms with van der Waals surface area (Å²) in [5.41, 5.74) is 4.03. The summed E-state index contributed by atoms with van der Waals surface area (Å²) in [4.78, 5) is 44.8. The number of aromatic nitrogens is 3. The van der Waals surface area contributed by atoms with Crippen molar-refractivity contribution >= 4 is 50.7 Å². The summed E-state index contributed by atoms with van der Waals surface area (Å²) in [6.45, 7) is 0. The number of hydrogen-bond acceptors (Lipinski definition) is 10. The van der Waals surface area contributed by atoms with Crippen molar-refractivity contribution in [3.8, 4) is 0 Å². The van der Waals surface area contributed by atoms with Gasteiger partial charge in [0.15, 0.2) is 0 Å². The van der Waals surface area contributed by atoms with Gasteiger partial charge in [0.05, 0.1) is 9.85 Å². The second-order valence-corrected chi connectivity index (χ2v) is 6.46. The largest absolute Gasteiger partial charge is 0.355 e. The van der Waals surface area contributed by atoms with Crippen molar-refractivity contribution < 1.29 is 14.6 Å². The summed E-state index contributed by atoms with van der Waals surface area (Å²) >= 11 is 3.24. The van der Waals surface area contributed by atoms with Gasteiger partial charge in [-0.2, -0.15) is 0 Å². The Hall–Kier alpha value is -4.20. The number of rotatable bonds is 7. The maximum absolute atomic E-state index is 12.2. The zero-order valence-electron chi connectivity index (χ0n) is 14.8. The third kappa shape index (κ3) is 4.79. The van der Waals surface area contributed by atoms with Crippen LogP contribution in [-0.4, -0.2) is 30.7 Å². The summed E-state index contributed by atoms with van der Waals surface area (Å²) in [6, 6.07) is 8.08. The predicted octanol–water partition coefficient (Wildman–Crippen LogP) is 2.95. The smallest absolute Gasteiger partial charge is 0.319 e. The van der Waals surface area contributed by atoms with Crippen LogP contribution in [-0.2, 0) is 0 Å². The molecule has 0 fully saturated rings. The number of carbonyl (C=O) groups is 1. The number of pyridine rings is 1. The molecule has 1 aromatic carbocycles. The van der Waals surface area contributed by atoms with Crippen LogP contribution in [0.15, 0.2) is 53.4 Å². The van der Waals surface area contributed by atoms with Crippen LogP contribution < -0.4 is 16.2 Å². The lowest BCUT2D eigenvalue weighted by atomic mass is 10.2. The fraction of sp³-hybridized carbons (Fsp3) is 0. The molecular formula is C16H11BrN8O5. The molecule has 152 valence electrons. The number of amides is 1. The summed E-state index contributed by atoms with van der Waals surface area (Å²) in [5.74, 6) is -0.787. The van der Waals surface area contributed by atoms with Crippen LogP contribution in [0.5, 0.6) is 0 Å². The maximum atomic E-state index is 12.2. The highest BCUT2D eigenvalue weighted by Gasteiger charge is 2.24. The van der Waals surface area contributed by atoms with Gasteiger partial charge in [0.25, 0.3) is 11.6 Å². The Bertz CT molecular complexity index is 1110. The molecule has 2 aromatic heterocycles. The molecule has 1 amide bonds. The predicted molar refractivity (Wildman–Crippen MR) is 108 cm³/mol. The van der Waals surface area contributed by atoms with E-state index in [2.05, 4.69) is 47.1 Å². The molecular weight excluding hydrogens is 464 g/mol. The number of halogens is 1. The quantitative estimate of drug-likeness (QED) is 0.340. The van der Waals surface area contributed by atoms with Crippen LogP contribution in [0.4, 0.5) is 28.8 Å². The van der Waals surface area contributed by atoms with Crippen LogP contribution in [0.3, 0.4) is 0 Å². The van der Waals surface area contributed by atoms with Crippen molar-refractivity contribution in [3.05, 3.63) is 79.2 Å². The van der Waals surface area contributed by atoms with E-state index >= 15 is 0 Å². The Morgan fingerprint density at radius 3 is 2.23 bits per heavy atom. The highest BCUT2D eigenvalue weighted by atomic mass is 79.9. The second kappa shape index (κ2) is 8.87. The molecule has 0 saturated carbocycles. The first kappa shape index (κ1) is 20.5. The molecule has 3 aromatic rings. The minimum atomic E-state index is -0.721. The normalized spacial score (nSPS) is 10.2. The van der Waals surface area contributed by atoms with Crippen LogP contribution >= 0.6 is 15.9 Å². The standard InChI is InChI=1S/C16H11BrN8O5/c17-10-3-6-12(18-7-10)21-14-13(25(29)30)15(20-8-19-14)22-23-16(26)9-1-4-11(5-2-9)24(27)28/h1-8H,(H,23,26)(H2,18,19,20,21,22). The minimum Gasteiger partial charge on any atom is -0.319 e. The van der Waals surface area contributed by atoms with E-state index < -0.39 is 21.4 Å². The molecule has 0 unspecified atom stereocenters. The molecule has 0 aliphatic carbocycles. The number of hydrazine groups is 1. The van der Waals surface area contributed by atoms with Crippen LogP contribution in [0.2, 0.25) is 0 Å². The van der Waals surface area contributed by atoms with Gasteiger partial charge in [0.1, 0.15) is 12.1 Å². The molecule has 0 atom stereocenters. The van der Waals surface area contributed by atoms with Crippen molar-refractivity contribution in [2.45, 2.75) is 0 Å². The number of non-ortho nitro benzene ring substituents is 1. The first-order valence-corrected chi connectivity index (χ1v) is 8.83. The van der Waals surface area contributed by atoms with Gasteiger partial charge in [0.2, 0.25) is 11.6 Å². The Morgan fingerprint density at radius 1 is 0.933 bits per heavy atom. The first-order valence-electron chi connectivity index (χ1n) is 8.04. The van der Waals surface area contributed by atoms with E-state index in [1.54, 1.807) is 12.1 Å². The molecule has 3 N–H and O–H groups in total. The summed E-state index contributed by atoms with van der Waals surface area (Å²) in [5, 5.41) is 24.9. The number of nitrogens with one attached hydrogen (secondary N) is 3. The summed E-state index contributed by atoms with van der Waals surface area (Å²) in [6.07, 6.45) is 2.56. The monoisotopic (exact) mass is 474 g/mol. The number of hydrogen-bond donors (Lipinski definition) is 3. The van der Waals surface area contributed by atoms with Gasteiger partial charge in [-0.25, -0.2) is 15.0 Å². The van der Waals surface area contributed by atoms with Crippen molar-refractivity contribution in [1.82, 2.24) is 20.4 Å². The third-order valence-electron chi connectivity index (χ3n) is 3.61. The van der Waals surface area contributed by atoms with Crippen LogP contribution in [0, 0.1) is 20.2 Å². The van der Waals surface area contributed by atoms with E-state index in [9.17, 15) is 25.0 Å². The Kier molecular flexibility index (Phi) is 6.07. The highest BCUT2D eigenvalue weighted by molar-refractivity contribution is 9.10. The van der Waals surface area contributed by atoms with Gasteiger partial charge >= 0.3 is 5.69 Å². The highest BCUT2D eigenvalue weighted by Crippen LogP contribution is 2.30. The molecule has 14 heteroatoms. The van der Waals surface area contributed by atoms with Crippen molar-refractivity contribution in [2.75, 3.05) is 10.7 Å². The zero-order chi connectivity index (χ0) is 21.7. The topological polar surface area (TPSA) is 178 Å². The Balaban J connectivity index is 1.78. The lowest BCUT2D eigenvalue weighted by Gasteiger charge is -2.10. The number of benzene rings is 1. The second-order valence-electron chi connectivity index (χ2n) is 5.55. The molecule has 0 aliphatic heterocycles. The molecule has 0 spiro atoms. The molecule has 0 aliphatic rings. The zero-order valence-corrected chi connectivity index (χ0v) is 16.4. The summed E-state index contributed by atoms with van der Waals surface area (Å²) in [7, 11) is 0. The molecule has 2 heterocycles. The van der Waals surface area contributed by atoms with Gasteiger partial charge in [-0.05, 0) is 40.2 Å². The number of anilines is 3. The number of nitro groups is 2. The lowest BCUT2D eigenvalue weighted by molar-refractivity contribution is -0.384. The average Bonchev–Trinajstić information content (AvgIpc) is 2.73. The van der Waals surface area contributed by atoms with Gasteiger partial charge in [-0.1, -0.05) is 0 Å². The molecule has 13 nitrogen and oxygen atoms in total. The molecule has 0 saturated heterocycles. The van der Waals surface area contributed by atoms with Gasteiger partial charge < -0.3 is 5.32 Å². The average molecular weight is 475 g/mol. The Morgan fingerprint density at radius 2 is 1.63 bits per heavy atom. The van der Waals surface area contributed by atoms with E-state index in [0.29, 0.717) is 5.82 Å². The molecule has 0 bridgehead atoms. The van der Waals surface area contributed by atoms with Gasteiger partial charge in [-0.3, -0.25) is 35.9 Å².